The molecule has 0 N–H and O–H groups in total. The van der Waals surface area contributed by atoms with Crippen molar-refractivity contribution < 1.29 is 9.53 Å². The van der Waals surface area contributed by atoms with Gasteiger partial charge in [-0.15, -0.1) is 0 Å². The van der Waals surface area contributed by atoms with E-state index in [-0.39, 0.29) is 10.6 Å². The number of benzene rings is 2. The van der Waals surface area contributed by atoms with Gasteiger partial charge in [-0.05, 0) is 11.5 Å². The van der Waals surface area contributed by atoms with Crippen molar-refractivity contribution in [3.8, 4) is 5.75 Å². The van der Waals surface area contributed by atoms with Crippen molar-refractivity contribution in [2.24, 2.45) is 0 Å². The molecule has 1 atom stereocenters. The summed E-state index contributed by atoms with van der Waals surface area (Å²) in [7, 11) is 0. The first-order valence-corrected chi connectivity index (χ1v) is 6.02. The topological polar surface area (TPSA) is 26.3 Å². The first-order valence-electron chi connectivity index (χ1n) is 5.10. The summed E-state index contributed by atoms with van der Waals surface area (Å²) >= 11 is 3.31. The van der Waals surface area contributed by atoms with Crippen molar-refractivity contribution >= 4 is 32.5 Å². The van der Waals surface area contributed by atoms with Crippen molar-refractivity contribution in [2.45, 2.75) is 4.83 Å². The van der Waals surface area contributed by atoms with Crippen LogP contribution in [0.1, 0.15) is 10.4 Å². The molecule has 2 aromatic carbocycles. The predicted molar refractivity (Wildman–Crippen MR) is 66.5 cm³/mol. The molecule has 3 rings (SSSR count). The van der Waals surface area contributed by atoms with E-state index in [1.165, 1.54) is 0 Å². The summed E-state index contributed by atoms with van der Waals surface area (Å²) in [6.07, 6.45) is 0. The van der Waals surface area contributed by atoms with Crippen LogP contribution < -0.4 is 4.74 Å². The predicted octanol–water partition coefficient (Wildman–Crippen LogP) is 3.18. The lowest BCUT2D eigenvalue weighted by atomic mass is 9.99. The van der Waals surface area contributed by atoms with Gasteiger partial charge in [0.15, 0.2) is 5.78 Å². The van der Waals surface area contributed by atoms with Crippen molar-refractivity contribution in [1.82, 2.24) is 0 Å². The number of carbonyl (C=O) groups excluding carboxylic acids is 1. The summed E-state index contributed by atoms with van der Waals surface area (Å²) in [5.41, 5.74) is 0.673. The minimum Gasteiger partial charge on any atom is -0.491 e. The number of rotatable bonds is 0. The largest absolute Gasteiger partial charge is 0.491 e. The van der Waals surface area contributed by atoms with Crippen LogP contribution in [0, 0.1) is 0 Å². The molecule has 0 saturated carbocycles. The summed E-state index contributed by atoms with van der Waals surface area (Å²) in [6, 6.07) is 11.7. The van der Waals surface area contributed by atoms with Gasteiger partial charge in [0, 0.05) is 5.39 Å². The quantitative estimate of drug-likeness (QED) is 0.691. The Morgan fingerprint density at radius 3 is 2.88 bits per heavy atom. The maximum atomic E-state index is 11.9. The number of ether oxygens (including phenoxy) is 1. The van der Waals surface area contributed by atoms with Crippen LogP contribution in [0.3, 0.4) is 0 Å². The maximum absolute atomic E-state index is 11.9. The van der Waals surface area contributed by atoms with Crippen LogP contribution in [0.15, 0.2) is 36.4 Å². The van der Waals surface area contributed by atoms with Crippen molar-refractivity contribution in [3.63, 3.8) is 0 Å². The van der Waals surface area contributed by atoms with E-state index in [1.54, 1.807) is 0 Å². The molecule has 0 bridgehead atoms. The maximum Gasteiger partial charge on any atom is 0.183 e. The second kappa shape index (κ2) is 3.59. The summed E-state index contributed by atoms with van der Waals surface area (Å²) in [6.45, 7) is 0.403. The molecule has 0 fully saturated rings. The van der Waals surface area contributed by atoms with E-state index >= 15 is 0 Å². The molecule has 0 unspecified atom stereocenters. The summed E-state index contributed by atoms with van der Waals surface area (Å²) in [4.78, 5) is 11.7. The molecule has 2 nitrogen and oxygen atoms in total. The van der Waals surface area contributed by atoms with Gasteiger partial charge < -0.3 is 4.74 Å². The first-order chi connectivity index (χ1) is 7.77. The van der Waals surface area contributed by atoms with Gasteiger partial charge in [0.1, 0.15) is 17.2 Å². The van der Waals surface area contributed by atoms with Gasteiger partial charge in [-0.1, -0.05) is 46.3 Å². The molecule has 2 aromatic rings. The second-order valence-corrected chi connectivity index (χ2v) is 4.91. The van der Waals surface area contributed by atoms with E-state index in [0.29, 0.717) is 12.2 Å². The molecule has 1 heterocycles. The molecule has 0 saturated heterocycles. The fraction of sp³-hybridized carbons (Fsp3) is 0.154. The number of Topliss-reactive ketones (excluding diaryl/α,β-unsaturated/α-hetero) is 1. The minimum absolute atomic E-state index is 0.104. The van der Waals surface area contributed by atoms with Crippen LogP contribution in [0.5, 0.6) is 5.75 Å². The molecule has 0 amide bonds. The Morgan fingerprint density at radius 2 is 2.00 bits per heavy atom. The second-order valence-electron chi connectivity index (χ2n) is 3.81. The fourth-order valence-electron chi connectivity index (χ4n) is 1.99. The van der Waals surface area contributed by atoms with E-state index in [9.17, 15) is 4.79 Å². The van der Waals surface area contributed by atoms with E-state index in [1.807, 2.05) is 36.4 Å². The molecule has 16 heavy (non-hydrogen) atoms. The Hall–Kier alpha value is -1.35. The molecule has 80 valence electrons. The van der Waals surface area contributed by atoms with Crippen LogP contribution in [-0.2, 0) is 0 Å². The minimum atomic E-state index is -0.221. The highest BCUT2D eigenvalue weighted by molar-refractivity contribution is 9.10. The van der Waals surface area contributed by atoms with E-state index in [4.69, 9.17) is 4.74 Å². The standard InChI is InChI=1S/C13H9BrO2/c14-11-7-16-13-9-4-2-1-3-8(9)5-6-10(13)12(11)15/h1-6,11H,7H2/t11-/m1/s1. The Kier molecular flexibility index (Phi) is 2.21. The Morgan fingerprint density at radius 1 is 1.19 bits per heavy atom. The van der Waals surface area contributed by atoms with Gasteiger partial charge in [-0.2, -0.15) is 0 Å². The lowest BCUT2D eigenvalue weighted by Gasteiger charge is -2.21. The molecule has 1 aliphatic rings. The SMILES string of the molecule is O=C1c2ccc3ccccc3c2OC[C@H]1Br. The molecule has 0 aromatic heterocycles. The van der Waals surface area contributed by atoms with E-state index in [0.717, 1.165) is 16.5 Å². The van der Waals surface area contributed by atoms with Crippen LogP contribution >= 0.6 is 15.9 Å². The van der Waals surface area contributed by atoms with E-state index < -0.39 is 0 Å². The summed E-state index contributed by atoms with van der Waals surface area (Å²) in [5, 5.41) is 2.11. The smallest absolute Gasteiger partial charge is 0.183 e. The number of ketones is 1. The molecule has 0 aliphatic carbocycles. The van der Waals surface area contributed by atoms with Crippen LogP contribution in [-0.4, -0.2) is 17.2 Å². The zero-order valence-electron chi connectivity index (χ0n) is 8.44. The number of halogens is 1. The Labute approximate surface area is 101 Å². The highest BCUT2D eigenvalue weighted by Crippen LogP contribution is 2.34. The molecule has 1 aliphatic heterocycles. The third kappa shape index (κ3) is 1.35. The molecular weight excluding hydrogens is 268 g/mol. The van der Waals surface area contributed by atoms with Crippen molar-refractivity contribution in [1.29, 1.82) is 0 Å². The number of hydrogen-bond acceptors (Lipinski definition) is 2. The lowest BCUT2D eigenvalue weighted by Crippen LogP contribution is -2.27. The number of alkyl halides is 1. The third-order valence-corrected chi connectivity index (χ3v) is 3.48. The van der Waals surface area contributed by atoms with E-state index in [2.05, 4.69) is 15.9 Å². The van der Waals surface area contributed by atoms with Gasteiger partial charge in [-0.25, -0.2) is 0 Å². The van der Waals surface area contributed by atoms with Gasteiger partial charge in [-0.3, -0.25) is 4.79 Å². The number of fused-ring (bicyclic) bond motifs is 3. The fourth-order valence-corrected chi connectivity index (χ4v) is 2.37. The van der Waals surface area contributed by atoms with Crippen LogP contribution in [0.4, 0.5) is 0 Å². The van der Waals surface area contributed by atoms with Crippen molar-refractivity contribution in [2.75, 3.05) is 6.61 Å². The van der Waals surface area contributed by atoms with Gasteiger partial charge in [0.05, 0.1) is 5.56 Å². The van der Waals surface area contributed by atoms with Crippen LogP contribution in [0.2, 0.25) is 0 Å². The normalized spacial score (nSPS) is 19.3. The molecule has 0 radical (unpaired) electrons. The molecular formula is C13H9BrO2. The van der Waals surface area contributed by atoms with Gasteiger partial charge >= 0.3 is 0 Å². The molecule has 0 spiro atoms. The average molecular weight is 277 g/mol. The third-order valence-electron chi connectivity index (χ3n) is 2.80. The first kappa shape index (κ1) is 9.85. The summed E-state index contributed by atoms with van der Waals surface area (Å²) in [5.74, 6) is 0.825. The summed E-state index contributed by atoms with van der Waals surface area (Å²) < 4.78 is 5.65. The Balaban J connectivity index is 2.32. The lowest BCUT2D eigenvalue weighted by molar-refractivity contribution is 0.0947. The Bertz CT molecular complexity index is 577. The number of carbonyl (C=O) groups is 1. The zero-order chi connectivity index (χ0) is 11.1. The van der Waals surface area contributed by atoms with Gasteiger partial charge in [0.2, 0.25) is 0 Å². The van der Waals surface area contributed by atoms with Gasteiger partial charge in [0.25, 0.3) is 0 Å². The average Bonchev–Trinajstić information content (AvgIpc) is 2.33. The highest BCUT2D eigenvalue weighted by atomic mass is 79.9. The molecule has 3 heteroatoms. The monoisotopic (exact) mass is 276 g/mol. The van der Waals surface area contributed by atoms with Crippen molar-refractivity contribution in [3.05, 3.63) is 42.0 Å². The zero-order valence-corrected chi connectivity index (χ0v) is 10.0. The highest BCUT2D eigenvalue weighted by Gasteiger charge is 2.27. The van der Waals surface area contributed by atoms with Crippen LogP contribution in [0.25, 0.3) is 10.8 Å². The number of hydrogen-bond donors (Lipinski definition) is 0.